The molecule has 5 aromatic rings. The van der Waals surface area contributed by atoms with E-state index in [2.05, 4.69) is 63.2 Å². The number of aryl methyl sites for hydroxylation is 1. The molecule has 31 heavy (non-hydrogen) atoms. The number of hydrogen-bond donors (Lipinski definition) is 1. The van der Waals surface area contributed by atoms with Crippen LogP contribution in [0.5, 0.6) is 0 Å². The van der Waals surface area contributed by atoms with Crippen molar-refractivity contribution in [2.24, 2.45) is 0 Å². The fourth-order valence-corrected chi connectivity index (χ4v) is 4.15. The summed E-state index contributed by atoms with van der Waals surface area (Å²) in [5.41, 5.74) is 6.32. The maximum absolute atomic E-state index is 13.7. The summed E-state index contributed by atoms with van der Waals surface area (Å²) >= 11 is 0. The van der Waals surface area contributed by atoms with Gasteiger partial charge in [-0.15, -0.1) is 0 Å². The lowest BCUT2D eigenvalue weighted by Gasteiger charge is -2.14. The van der Waals surface area contributed by atoms with Crippen molar-refractivity contribution in [3.05, 3.63) is 72.8 Å². The first-order valence-electron chi connectivity index (χ1n) is 10.4. The summed E-state index contributed by atoms with van der Waals surface area (Å²) < 4.78 is 15.7. The molecule has 0 unspecified atom stereocenters. The monoisotopic (exact) mass is 413 g/mol. The molecule has 2 heterocycles. The van der Waals surface area contributed by atoms with E-state index < -0.39 is 0 Å². The smallest absolute Gasteiger partial charge is 0.123 e. The van der Waals surface area contributed by atoms with E-state index in [0.717, 1.165) is 63.6 Å². The zero-order chi connectivity index (χ0) is 21.4. The Balaban J connectivity index is 1.67. The molecule has 0 bridgehead atoms. The Labute approximate surface area is 180 Å². The molecule has 0 aliphatic heterocycles. The van der Waals surface area contributed by atoms with E-state index in [-0.39, 0.29) is 5.82 Å². The third kappa shape index (κ3) is 3.70. The zero-order valence-corrected chi connectivity index (χ0v) is 17.6. The number of halogens is 1. The van der Waals surface area contributed by atoms with Gasteiger partial charge in [0.2, 0.25) is 0 Å². The van der Waals surface area contributed by atoms with Gasteiger partial charge in [-0.25, -0.2) is 4.39 Å². The van der Waals surface area contributed by atoms with Crippen LogP contribution in [0, 0.1) is 5.82 Å². The van der Waals surface area contributed by atoms with Gasteiger partial charge in [-0.3, -0.25) is 9.78 Å². The molecule has 5 rings (SSSR count). The average molecular weight is 414 g/mol. The highest BCUT2D eigenvalue weighted by molar-refractivity contribution is 6.03. The molecule has 0 radical (unpaired) electrons. The van der Waals surface area contributed by atoms with E-state index in [1.54, 1.807) is 0 Å². The van der Waals surface area contributed by atoms with E-state index >= 15 is 0 Å². The molecule has 0 aliphatic rings. The molecule has 2 aromatic heterocycles. The van der Waals surface area contributed by atoms with Crippen LogP contribution in [0.4, 0.5) is 4.39 Å². The lowest BCUT2D eigenvalue weighted by atomic mass is 9.91. The van der Waals surface area contributed by atoms with Crippen LogP contribution in [0.2, 0.25) is 0 Å². The van der Waals surface area contributed by atoms with Crippen molar-refractivity contribution in [2.45, 2.75) is 13.0 Å². The standard InChI is InChI=1S/C25H24FN5/c1-30(2)12-3-13-31-24-11-9-21(18-6-10-23-19(14-18)15-27-29-23)25(22(24)16-28-31)17-4-7-20(26)8-5-17/h4-11,14-16H,3,12-13H2,1-2H3,(H,27,29). The summed E-state index contributed by atoms with van der Waals surface area (Å²) in [5, 5.41) is 13.9. The Morgan fingerprint density at radius 1 is 0.968 bits per heavy atom. The van der Waals surface area contributed by atoms with Crippen LogP contribution >= 0.6 is 0 Å². The predicted molar refractivity (Wildman–Crippen MR) is 123 cm³/mol. The van der Waals surface area contributed by atoms with Gasteiger partial charge < -0.3 is 4.90 Å². The SMILES string of the molecule is CN(C)CCCn1ncc2c(-c3ccc(F)cc3)c(-c3ccc4[nH]ncc4c3)ccc21. The minimum absolute atomic E-state index is 0.239. The average Bonchev–Trinajstić information content (AvgIpc) is 3.40. The van der Waals surface area contributed by atoms with E-state index in [4.69, 9.17) is 0 Å². The molecule has 3 aromatic carbocycles. The minimum atomic E-state index is -0.239. The van der Waals surface area contributed by atoms with Gasteiger partial charge in [-0.05, 0) is 74.1 Å². The zero-order valence-electron chi connectivity index (χ0n) is 17.6. The van der Waals surface area contributed by atoms with Crippen molar-refractivity contribution in [2.75, 3.05) is 20.6 Å². The highest BCUT2D eigenvalue weighted by Crippen LogP contribution is 2.39. The predicted octanol–water partition coefficient (Wildman–Crippen LogP) is 5.34. The van der Waals surface area contributed by atoms with Crippen LogP contribution in [-0.4, -0.2) is 45.5 Å². The second kappa shape index (κ2) is 7.96. The van der Waals surface area contributed by atoms with Crippen LogP contribution in [0.3, 0.4) is 0 Å². The molecule has 0 spiro atoms. The summed E-state index contributed by atoms with van der Waals surface area (Å²) in [5.74, 6) is -0.239. The van der Waals surface area contributed by atoms with Crippen LogP contribution in [0.25, 0.3) is 44.1 Å². The molecule has 0 saturated heterocycles. The summed E-state index contributed by atoms with van der Waals surface area (Å²) in [6.07, 6.45) is 4.79. The quantitative estimate of drug-likeness (QED) is 0.409. The van der Waals surface area contributed by atoms with Crippen molar-refractivity contribution in [3.8, 4) is 22.3 Å². The van der Waals surface area contributed by atoms with Gasteiger partial charge in [0.1, 0.15) is 5.82 Å². The van der Waals surface area contributed by atoms with Gasteiger partial charge in [0.05, 0.1) is 23.4 Å². The fraction of sp³-hybridized carbons (Fsp3) is 0.200. The number of aromatic amines is 1. The molecule has 156 valence electrons. The number of benzene rings is 3. The highest BCUT2D eigenvalue weighted by Gasteiger charge is 2.16. The molecule has 1 N–H and O–H groups in total. The third-order valence-electron chi connectivity index (χ3n) is 5.69. The van der Waals surface area contributed by atoms with Crippen LogP contribution in [0.1, 0.15) is 6.42 Å². The van der Waals surface area contributed by atoms with E-state index in [1.807, 2.05) is 30.6 Å². The Morgan fingerprint density at radius 2 is 1.77 bits per heavy atom. The Bertz CT molecular complexity index is 1350. The summed E-state index contributed by atoms with van der Waals surface area (Å²) in [6.45, 7) is 1.86. The van der Waals surface area contributed by atoms with Crippen LogP contribution < -0.4 is 0 Å². The summed E-state index contributed by atoms with van der Waals surface area (Å²) in [4.78, 5) is 2.18. The van der Waals surface area contributed by atoms with E-state index in [1.165, 1.54) is 12.1 Å². The number of H-pyrrole nitrogens is 1. The maximum atomic E-state index is 13.7. The number of aromatic nitrogens is 4. The number of nitrogens with zero attached hydrogens (tertiary/aromatic N) is 4. The van der Waals surface area contributed by atoms with Gasteiger partial charge >= 0.3 is 0 Å². The van der Waals surface area contributed by atoms with Crippen molar-refractivity contribution in [3.63, 3.8) is 0 Å². The number of nitrogens with one attached hydrogen (secondary N) is 1. The summed E-state index contributed by atoms with van der Waals surface area (Å²) in [6, 6.07) is 17.3. The van der Waals surface area contributed by atoms with E-state index in [9.17, 15) is 4.39 Å². The Hall–Kier alpha value is -3.51. The molecular formula is C25H24FN5. The first-order valence-corrected chi connectivity index (χ1v) is 10.4. The van der Waals surface area contributed by atoms with Crippen LogP contribution in [0.15, 0.2) is 67.0 Å². The minimum Gasteiger partial charge on any atom is -0.309 e. The molecule has 0 atom stereocenters. The molecule has 0 fully saturated rings. The highest BCUT2D eigenvalue weighted by atomic mass is 19.1. The lowest BCUT2D eigenvalue weighted by Crippen LogP contribution is -2.15. The second-order valence-corrected chi connectivity index (χ2v) is 8.12. The molecule has 5 nitrogen and oxygen atoms in total. The van der Waals surface area contributed by atoms with Gasteiger partial charge in [0, 0.05) is 22.9 Å². The molecule has 0 amide bonds. The lowest BCUT2D eigenvalue weighted by molar-refractivity contribution is 0.382. The topological polar surface area (TPSA) is 49.7 Å². The third-order valence-corrected chi connectivity index (χ3v) is 5.69. The van der Waals surface area contributed by atoms with Crippen molar-refractivity contribution in [1.29, 1.82) is 0 Å². The Morgan fingerprint density at radius 3 is 2.58 bits per heavy atom. The largest absolute Gasteiger partial charge is 0.309 e. The normalized spacial score (nSPS) is 11.7. The number of rotatable bonds is 6. The second-order valence-electron chi connectivity index (χ2n) is 8.12. The van der Waals surface area contributed by atoms with Crippen LogP contribution in [-0.2, 0) is 6.54 Å². The van der Waals surface area contributed by atoms with Gasteiger partial charge in [-0.1, -0.05) is 24.3 Å². The first kappa shape index (κ1) is 19.5. The fourth-order valence-electron chi connectivity index (χ4n) is 4.15. The number of hydrogen-bond acceptors (Lipinski definition) is 3. The Kier molecular flexibility index (Phi) is 5.00. The van der Waals surface area contributed by atoms with Crippen molar-refractivity contribution < 1.29 is 4.39 Å². The van der Waals surface area contributed by atoms with Gasteiger partial charge in [0.15, 0.2) is 0 Å². The molecule has 0 saturated carbocycles. The van der Waals surface area contributed by atoms with Crippen molar-refractivity contribution >= 4 is 21.8 Å². The first-order chi connectivity index (χ1) is 15.1. The van der Waals surface area contributed by atoms with E-state index in [0.29, 0.717) is 0 Å². The number of fused-ring (bicyclic) bond motifs is 2. The maximum Gasteiger partial charge on any atom is 0.123 e. The molecular weight excluding hydrogens is 389 g/mol. The van der Waals surface area contributed by atoms with Crippen molar-refractivity contribution in [1.82, 2.24) is 24.9 Å². The summed E-state index contributed by atoms with van der Waals surface area (Å²) in [7, 11) is 4.16. The molecule has 6 heteroatoms. The molecule has 0 aliphatic carbocycles. The van der Waals surface area contributed by atoms with Gasteiger partial charge in [-0.2, -0.15) is 10.2 Å². The van der Waals surface area contributed by atoms with Gasteiger partial charge in [0.25, 0.3) is 0 Å².